The molecule has 6 heteroatoms. The van der Waals surface area contributed by atoms with Crippen molar-refractivity contribution in [1.82, 2.24) is 19.6 Å². The largest absolute Gasteiger partial charge is 0.373 e. The van der Waals surface area contributed by atoms with E-state index in [9.17, 15) is 4.79 Å². The van der Waals surface area contributed by atoms with Crippen molar-refractivity contribution in [3.8, 4) is 5.69 Å². The number of ether oxygens (including phenoxy) is 1. The fraction of sp³-hybridized carbons (Fsp3) is 0.545. The molecule has 28 heavy (non-hydrogen) atoms. The number of amides is 1. The van der Waals surface area contributed by atoms with E-state index in [1.165, 1.54) is 5.56 Å². The van der Waals surface area contributed by atoms with Gasteiger partial charge in [0.15, 0.2) is 0 Å². The Morgan fingerprint density at radius 1 is 1.18 bits per heavy atom. The topological polar surface area (TPSA) is 50.6 Å². The lowest BCUT2D eigenvalue weighted by Gasteiger charge is -2.33. The normalized spacial score (nSPS) is 23.1. The van der Waals surface area contributed by atoms with E-state index >= 15 is 0 Å². The number of fused-ring (bicyclic) bond motifs is 1. The van der Waals surface area contributed by atoms with E-state index in [4.69, 9.17) is 9.84 Å². The Hall–Kier alpha value is -2.18. The Labute approximate surface area is 167 Å². The van der Waals surface area contributed by atoms with Crippen LogP contribution in [0.25, 0.3) is 5.69 Å². The molecule has 150 valence electrons. The van der Waals surface area contributed by atoms with Crippen molar-refractivity contribution >= 4 is 5.91 Å². The van der Waals surface area contributed by atoms with Crippen LogP contribution in [-0.2, 0) is 10.2 Å². The average Bonchev–Trinajstić information content (AvgIpc) is 3.27. The smallest absolute Gasteiger partial charge is 0.257 e. The molecule has 0 radical (unpaired) electrons. The number of aryl methyl sites for hydroxylation is 1. The fourth-order valence-electron chi connectivity index (χ4n) is 4.11. The molecule has 0 aliphatic carbocycles. The van der Waals surface area contributed by atoms with Crippen LogP contribution >= 0.6 is 0 Å². The molecule has 2 fully saturated rings. The second kappa shape index (κ2) is 7.01. The number of aromatic nitrogens is 2. The second-order valence-electron chi connectivity index (χ2n) is 9.09. The van der Waals surface area contributed by atoms with E-state index in [1.54, 1.807) is 0 Å². The lowest BCUT2D eigenvalue weighted by molar-refractivity contribution is -0.0368. The predicted octanol–water partition coefficient (Wildman–Crippen LogP) is 2.63. The first-order valence-corrected chi connectivity index (χ1v) is 10.0. The molecular weight excluding hydrogens is 352 g/mol. The van der Waals surface area contributed by atoms with E-state index < -0.39 is 0 Å². The Kier molecular flexibility index (Phi) is 4.79. The lowest BCUT2D eigenvalue weighted by atomic mass is 9.89. The minimum absolute atomic E-state index is 0.0506. The number of benzene rings is 1. The second-order valence-corrected chi connectivity index (χ2v) is 9.09. The number of likely N-dealkylation sites (tertiary alicyclic amines) is 1. The molecule has 0 bridgehead atoms. The van der Waals surface area contributed by atoms with Crippen LogP contribution in [0.1, 0.15) is 42.4 Å². The van der Waals surface area contributed by atoms with Crippen LogP contribution in [0, 0.1) is 6.92 Å². The molecule has 3 heterocycles. The molecule has 0 N–H and O–H groups in total. The summed E-state index contributed by atoms with van der Waals surface area (Å²) in [4.78, 5) is 17.7. The van der Waals surface area contributed by atoms with Crippen LogP contribution in [0.5, 0.6) is 0 Å². The van der Waals surface area contributed by atoms with E-state index in [0.717, 1.165) is 24.5 Å². The molecule has 2 aromatic rings. The molecule has 2 saturated heterocycles. The van der Waals surface area contributed by atoms with E-state index in [-0.39, 0.29) is 23.5 Å². The number of hydrogen-bond acceptors (Lipinski definition) is 4. The maximum Gasteiger partial charge on any atom is 0.257 e. The molecule has 0 spiro atoms. The monoisotopic (exact) mass is 382 g/mol. The van der Waals surface area contributed by atoms with Gasteiger partial charge in [0.2, 0.25) is 0 Å². The summed E-state index contributed by atoms with van der Waals surface area (Å²) in [5.41, 5.74) is 3.47. The Bertz CT molecular complexity index is 866. The third-order valence-electron chi connectivity index (χ3n) is 5.82. The van der Waals surface area contributed by atoms with Crippen LogP contribution in [0.3, 0.4) is 0 Å². The first-order chi connectivity index (χ1) is 13.2. The highest BCUT2D eigenvalue weighted by atomic mass is 16.5. The predicted molar refractivity (Wildman–Crippen MR) is 109 cm³/mol. The summed E-state index contributed by atoms with van der Waals surface area (Å²) in [5.74, 6) is 0.0506. The number of likely N-dealkylation sites (N-methyl/N-ethyl adjacent to an activating group) is 1. The number of nitrogens with zero attached hydrogens (tertiary/aromatic N) is 4. The van der Waals surface area contributed by atoms with Crippen molar-refractivity contribution < 1.29 is 9.53 Å². The summed E-state index contributed by atoms with van der Waals surface area (Å²) in [6.45, 7) is 11.4. The zero-order valence-electron chi connectivity index (χ0n) is 17.5. The maximum atomic E-state index is 13.5. The highest BCUT2D eigenvalue weighted by Crippen LogP contribution is 2.29. The number of rotatable bonds is 2. The van der Waals surface area contributed by atoms with Crippen LogP contribution in [-0.4, -0.2) is 70.9 Å². The molecule has 1 amide bonds. The van der Waals surface area contributed by atoms with Gasteiger partial charge in [-0.3, -0.25) is 9.69 Å². The SMILES string of the molecule is Cc1ccc(-n2cc(C(=O)N3C[C@H]4OCCN(C)[C@H]4C3)c(C(C)(C)C)n2)cc1. The van der Waals surface area contributed by atoms with E-state index in [0.29, 0.717) is 18.7 Å². The maximum absolute atomic E-state index is 13.5. The van der Waals surface area contributed by atoms with Crippen molar-refractivity contribution in [1.29, 1.82) is 0 Å². The summed E-state index contributed by atoms with van der Waals surface area (Å²) in [7, 11) is 2.12. The van der Waals surface area contributed by atoms with Crippen LogP contribution < -0.4 is 0 Å². The minimum Gasteiger partial charge on any atom is -0.373 e. The Morgan fingerprint density at radius 3 is 2.54 bits per heavy atom. The number of carbonyl (C=O) groups excluding carboxylic acids is 1. The molecule has 1 aromatic heterocycles. The molecule has 6 nitrogen and oxygen atoms in total. The van der Waals surface area contributed by atoms with Gasteiger partial charge in [-0.2, -0.15) is 5.10 Å². The van der Waals surface area contributed by atoms with Gasteiger partial charge >= 0.3 is 0 Å². The van der Waals surface area contributed by atoms with Crippen molar-refractivity contribution in [2.75, 3.05) is 33.3 Å². The van der Waals surface area contributed by atoms with Gasteiger partial charge in [0.25, 0.3) is 5.91 Å². The summed E-state index contributed by atoms with van der Waals surface area (Å²) < 4.78 is 7.75. The summed E-state index contributed by atoms with van der Waals surface area (Å²) in [6.07, 6.45) is 1.99. The summed E-state index contributed by atoms with van der Waals surface area (Å²) >= 11 is 0. The third-order valence-corrected chi connectivity index (χ3v) is 5.82. The number of hydrogen-bond donors (Lipinski definition) is 0. The van der Waals surface area contributed by atoms with Gasteiger partial charge in [-0.25, -0.2) is 4.68 Å². The summed E-state index contributed by atoms with van der Waals surface area (Å²) in [6, 6.07) is 8.48. The molecule has 2 atom stereocenters. The van der Waals surface area contributed by atoms with Crippen LogP contribution in [0.15, 0.2) is 30.5 Å². The van der Waals surface area contributed by atoms with Crippen LogP contribution in [0.4, 0.5) is 0 Å². The fourth-order valence-corrected chi connectivity index (χ4v) is 4.11. The van der Waals surface area contributed by atoms with E-state index in [1.807, 2.05) is 27.9 Å². The molecule has 4 rings (SSSR count). The van der Waals surface area contributed by atoms with Gasteiger partial charge in [-0.1, -0.05) is 38.5 Å². The van der Waals surface area contributed by atoms with Gasteiger partial charge in [-0.05, 0) is 26.1 Å². The Morgan fingerprint density at radius 2 is 1.89 bits per heavy atom. The zero-order chi connectivity index (χ0) is 20.1. The minimum atomic E-state index is -0.222. The van der Waals surface area contributed by atoms with Gasteiger partial charge in [0.05, 0.1) is 35.7 Å². The number of morpholine rings is 1. The van der Waals surface area contributed by atoms with Crippen molar-refractivity contribution in [3.63, 3.8) is 0 Å². The molecule has 2 aliphatic rings. The van der Waals surface area contributed by atoms with Crippen LogP contribution in [0.2, 0.25) is 0 Å². The lowest BCUT2D eigenvalue weighted by Crippen LogP contribution is -2.48. The summed E-state index contributed by atoms with van der Waals surface area (Å²) in [5, 5.41) is 4.81. The third kappa shape index (κ3) is 3.47. The molecule has 0 unspecified atom stereocenters. The average molecular weight is 383 g/mol. The van der Waals surface area contributed by atoms with Crippen molar-refractivity contribution in [2.45, 2.75) is 45.3 Å². The molecule has 0 saturated carbocycles. The molecule has 2 aliphatic heterocycles. The van der Waals surface area contributed by atoms with Crippen molar-refractivity contribution in [2.24, 2.45) is 0 Å². The van der Waals surface area contributed by atoms with Gasteiger partial charge < -0.3 is 9.64 Å². The highest BCUT2D eigenvalue weighted by molar-refractivity contribution is 5.96. The zero-order valence-corrected chi connectivity index (χ0v) is 17.5. The standard InChI is InChI=1S/C22H30N4O2/c1-15-6-8-16(9-7-15)26-12-17(20(23-26)22(2,3)4)21(27)25-13-18-19(14-25)28-11-10-24(18)5/h6-9,12,18-19H,10-11,13-14H2,1-5H3/t18-,19+/m0/s1. The Balaban J connectivity index is 1.66. The van der Waals surface area contributed by atoms with Crippen molar-refractivity contribution in [3.05, 3.63) is 47.3 Å². The molecule has 1 aromatic carbocycles. The van der Waals surface area contributed by atoms with E-state index in [2.05, 4.69) is 51.8 Å². The highest BCUT2D eigenvalue weighted by Gasteiger charge is 2.41. The first kappa shape index (κ1) is 19.2. The first-order valence-electron chi connectivity index (χ1n) is 10.0. The number of carbonyl (C=O) groups is 1. The quantitative estimate of drug-likeness (QED) is 0.801. The van der Waals surface area contributed by atoms with Gasteiger partial charge in [-0.15, -0.1) is 0 Å². The van der Waals surface area contributed by atoms with Gasteiger partial charge in [0.1, 0.15) is 0 Å². The molecular formula is C22H30N4O2. The van der Waals surface area contributed by atoms with Gasteiger partial charge in [0, 0.05) is 31.2 Å².